The van der Waals surface area contributed by atoms with E-state index in [0.717, 1.165) is 30.8 Å². The maximum atomic E-state index is 12.1. The minimum atomic E-state index is -0.142. The van der Waals surface area contributed by atoms with Crippen LogP contribution in [0.1, 0.15) is 25.3 Å². The second-order valence-electron chi connectivity index (χ2n) is 6.51. The van der Waals surface area contributed by atoms with Gasteiger partial charge in [0.05, 0.1) is 19.6 Å². The Hall–Kier alpha value is -2.83. The molecule has 1 saturated heterocycles. The Balaban J connectivity index is 1.75. The average Bonchev–Trinajstić information content (AvgIpc) is 2.70. The summed E-state index contributed by atoms with van der Waals surface area (Å²) < 4.78 is 16.4. The van der Waals surface area contributed by atoms with Gasteiger partial charge < -0.3 is 19.1 Å². The minimum Gasteiger partial charge on any atom is -0.493 e. The van der Waals surface area contributed by atoms with E-state index in [1.807, 2.05) is 32.0 Å². The van der Waals surface area contributed by atoms with Crippen molar-refractivity contribution in [3.63, 3.8) is 0 Å². The summed E-state index contributed by atoms with van der Waals surface area (Å²) in [6, 6.07) is 7.50. The number of ether oxygens (including phenoxy) is 3. The van der Waals surface area contributed by atoms with Gasteiger partial charge in [-0.05, 0) is 44.4 Å². The summed E-state index contributed by atoms with van der Waals surface area (Å²) in [4.78, 5) is 22.7. The number of rotatable bonds is 6. The first-order chi connectivity index (χ1) is 13.1. The lowest BCUT2D eigenvalue weighted by Gasteiger charge is -2.32. The molecule has 0 aliphatic carbocycles. The van der Waals surface area contributed by atoms with E-state index in [0.29, 0.717) is 30.5 Å². The molecule has 1 atom stereocenters. The van der Waals surface area contributed by atoms with Gasteiger partial charge in [-0.1, -0.05) is 6.07 Å². The summed E-state index contributed by atoms with van der Waals surface area (Å²) in [5.74, 6) is 2.14. The van der Waals surface area contributed by atoms with Crippen LogP contribution in [-0.4, -0.2) is 42.7 Å². The van der Waals surface area contributed by atoms with Gasteiger partial charge in [-0.25, -0.2) is 9.97 Å². The molecule has 2 heterocycles. The quantitative estimate of drug-likeness (QED) is 0.721. The van der Waals surface area contributed by atoms with E-state index in [2.05, 4.69) is 14.9 Å². The Morgan fingerprint density at radius 3 is 2.89 bits per heavy atom. The molecule has 0 saturated carbocycles. The lowest BCUT2D eigenvalue weighted by atomic mass is 9.98. The second-order valence-corrected chi connectivity index (χ2v) is 6.51. The molecule has 7 nitrogen and oxygen atoms in total. The third-order valence-corrected chi connectivity index (χ3v) is 4.53. The van der Waals surface area contributed by atoms with Crippen molar-refractivity contribution in [2.24, 2.45) is 5.92 Å². The molecule has 0 N–H and O–H groups in total. The van der Waals surface area contributed by atoms with E-state index in [4.69, 9.17) is 14.2 Å². The van der Waals surface area contributed by atoms with Gasteiger partial charge in [0.25, 0.3) is 0 Å². The molecule has 0 amide bonds. The molecule has 1 aromatic heterocycles. The summed E-state index contributed by atoms with van der Waals surface area (Å²) >= 11 is 0. The van der Waals surface area contributed by atoms with Crippen molar-refractivity contribution in [3.05, 3.63) is 36.2 Å². The zero-order chi connectivity index (χ0) is 19.2. The topological polar surface area (TPSA) is 73.8 Å². The summed E-state index contributed by atoms with van der Waals surface area (Å²) in [7, 11) is 1.61. The first-order valence-corrected chi connectivity index (χ1v) is 9.16. The minimum absolute atomic E-state index is 0.129. The molecule has 7 heteroatoms. The third kappa shape index (κ3) is 4.67. The van der Waals surface area contributed by atoms with E-state index >= 15 is 0 Å². The van der Waals surface area contributed by atoms with Crippen LogP contribution in [0, 0.1) is 12.8 Å². The van der Waals surface area contributed by atoms with Crippen LogP contribution in [-0.2, 0) is 9.53 Å². The van der Waals surface area contributed by atoms with Gasteiger partial charge in [-0.15, -0.1) is 0 Å². The molecule has 144 valence electrons. The Morgan fingerprint density at radius 1 is 1.26 bits per heavy atom. The van der Waals surface area contributed by atoms with Crippen LogP contribution in [0.15, 0.2) is 30.6 Å². The van der Waals surface area contributed by atoms with E-state index in [-0.39, 0.29) is 11.9 Å². The molecule has 1 fully saturated rings. The number of hydrogen-bond acceptors (Lipinski definition) is 7. The molecule has 0 spiro atoms. The fourth-order valence-corrected chi connectivity index (χ4v) is 3.17. The van der Waals surface area contributed by atoms with Crippen LogP contribution < -0.4 is 14.4 Å². The molecule has 27 heavy (non-hydrogen) atoms. The van der Waals surface area contributed by atoms with Crippen molar-refractivity contribution in [1.82, 2.24) is 9.97 Å². The number of benzene rings is 1. The van der Waals surface area contributed by atoms with Gasteiger partial charge in [0.1, 0.15) is 12.1 Å². The third-order valence-electron chi connectivity index (χ3n) is 4.53. The van der Waals surface area contributed by atoms with Crippen molar-refractivity contribution in [2.75, 3.05) is 31.7 Å². The smallest absolute Gasteiger partial charge is 0.310 e. The average molecular weight is 371 g/mol. The van der Waals surface area contributed by atoms with Crippen molar-refractivity contribution in [1.29, 1.82) is 0 Å². The van der Waals surface area contributed by atoms with Gasteiger partial charge in [0.2, 0.25) is 5.88 Å². The Morgan fingerprint density at radius 2 is 2.11 bits per heavy atom. The number of carbonyl (C=O) groups is 1. The second kappa shape index (κ2) is 8.70. The number of carbonyl (C=O) groups excluding carboxylic acids is 1. The Labute approximate surface area is 159 Å². The molecular formula is C20H25N3O4. The standard InChI is InChI=1S/C20H25N3O4/c1-4-26-20(24)15-6-5-9-23(12-15)18-11-19(22-13-21-18)27-16-8-7-14(2)10-17(16)25-3/h7-8,10-11,13,15H,4-6,9,12H2,1-3H3/t15-/m1/s1. The van der Waals surface area contributed by atoms with Gasteiger partial charge in [-0.3, -0.25) is 4.79 Å². The number of aromatic nitrogens is 2. The molecule has 0 radical (unpaired) electrons. The van der Waals surface area contributed by atoms with Crippen molar-refractivity contribution in [2.45, 2.75) is 26.7 Å². The van der Waals surface area contributed by atoms with E-state index in [9.17, 15) is 4.79 Å². The molecule has 0 unspecified atom stereocenters. The number of anilines is 1. The zero-order valence-electron chi connectivity index (χ0n) is 16.0. The highest BCUT2D eigenvalue weighted by Gasteiger charge is 2.27. The van der Waals surface area contributed by atoms with Gasteiger partial charge in [-0.2, -0.15) is 0 Å². The highest BCUT2D eigenvalue weighted by Crippen LogP contribution is 2.32. The molecule has 1 aliphatic rings. The zero-order valence-corrected chi connectivity index (χ0v) is 16.0. The SMILES string of the molecule is CCOC(=O)[C@@H]1CCCN(c2cc(Oc3ccc(C)cc3OC)ncn2)C1. The van der Waals surface area contributed by atoms with E-state index in [1.54, 1.807) is 13.2 Å². The van der Waals surface area contributed by atoms with Crippen LogP contribution in [0.25, 0.3) is 0 Å². The van der Waals surface area contributed by atoms with Crippen LogP contribution in [0.3, 0.4) is 0 Å². The van der Waals surface area contributed by atoms with Gasteiger partial charge >= 0.3 is 5.97 Å². The summed E-state index contributed by atoms with van der Waals surface area (Å²) in [5.41, 5.74) is 1.08. The molecule has 3 rings (SSSR count). The van der Waals surface area contributed by atoms with Crippen molar-refractivity contribution < 1.29 is 19.0 Å². The predicted molar refractivity (Wildman–Crippen MR) is 101 cm³/mol. The maximum Gasteiger partial charge on any atom is 0.310 e. The Kier molecular flexibility index (Phi) is 6.11. The summed E-state index contributed by atoms with van der Waals surface area (Å²) in [5, 5.41) is 0. The highest BCUT2D eigenvalue weighted by molar-refractivity contribution is 5.73. The largest absolute Gasteiger partial charge is 0.493 e. The molecule has 2 aromatic rings. The van der Waals surface area contributed by atoms with E-state index in [1.165, 1.54) is 6.33 Å². The number of nitrogens with zero attached hydrogens (tertiary/aromatic N) is 3. The fourth-order valence-electron chi connectivity index (χ4n) is 3.17. The number of piperidine rings is 1. The normalized spacial score (nSPS) is 16.7. The van der Waals surface area contributed by atoms with Gasteiger partial charge in [0.15, 0.2) is 11.5 Å². The van der Waals surface area contributed by atoms with Crippen molar-refractivity contribution >= 4 is 11.8 Å². The number of methoxy groups -OCH3 is 1. The lowest BCUT2D eigenvalue weighted by Crippen LogP contribution is -2.39. The number of aryl methyl sites for hydroxylation is 1. The van der Waals surface area contributed by atoms with Crippen LogP contribution in [0.2, 0.25) is 0 Å². The molecule has 0 bridgehead atoms. The maximum absolute atomic E-state index is 12.1. The molecular weight excluding hydrogens is 346 g/mol. The molecule has 1 aliphatic heterocycles. The first-order valence-electron chi connectivity index (χ1n) is 9.16. The molecule has 1 aromatic carbocycles. The summed E-state index contributed by atoms with van der Waals surface area (Å²) in [6.45, 7) is 5.64. The number of hydrogen-bond donors (Lipinski definition) is 0. The lowest BCUT2D eigenvalue weighted by molar-refractivity contribution is -0.148. The first kappa shape index (κ1) is 18.9. The summed E-state index contributed by atoms with van der Waals surface area (Å²) in [6.07, 6.45) is 3.22. The van der Waals surface area contributed by atoms with Crippen LogP contribution >= 0.6 is 0 Å². The monoisotopic (exact) mass is 371 g/mol. The van der Waals surface area contributed by atoms with Gasteiger partial charge in [0, 0.05) is 19.2 Å². The van der Waals surface area contributed by atoms with E-state index < -0.39 is 0 Å². The highest BCUT2D eigenvalue weighted by atomic mass is 16.5. The predicted octanol–water partition coefficient (Wildman–Crippen LogP) is 3.37. The Bertz CT molecular complexity index is 797. The van der Waals surface area contributed by atoms with Crippen LogP contribution in [0.4, 0.5) is 5.82 Å². The fraction of sp³-hybridized carbons (Fsp3) is 0.450. The van der Waals surface area contributed by atoms with Crippen molar-refractivity contribution in [3.8, 4) is 17.4 Å². The van der Waals surface area contributed by atoms with Crippen LogP contribution in [0.5, 0.6) is 17.4 Å². The number of esters is 1.